The third kappa shape index (κ3) is 5.37. The molecule has 5 N–H and O–H groups in total. The van der Waals surface area contributed by atoms with Gasteiger partial charge in [0, 0.05) is 18.7 Å². The van der Waals surface area contributed by atoms with Gasteiger partial charge in [0.25, 0.3) is 5.69 Å². The van der Waals surface area contributed by atoms with Crippen molar-refractivity contribution < 1.29 is 24.0 Å². The van der Waals surface area contributed by atoms with Crippen molar-refractivity contribution in [3.8, 4) is 5.75 Å². The summed E-state index contributed by atoms with van der Waals surface area (Å²) in [4.78, 5) is 58.0. The van der Waals surface area contributed by atoms with Gasteiger partial charge in [-0.05, 0) is 23.3 Å². The number of hydrogen-bond acceptors (Lipinski definition) is 7. The Kier molecular flexibility index (Phi) is 7.37. The van der Waals surface area contributed by atoms with Crippen LogP contribution in [0, 0.1) is 10.1 Å². The first-order chi connectivity index (χ1) is 14.1. The predicted molar refractivity (Wildman–Crippen MR) is 114 cm³/mol. The number of ether oxygens (including phenoxy) is 1. The zero-order valence-electron chi connectivity index (χ0n) is 15.9. The molecule has 14 heteroatoms. The number of benzene rings is 2. The third-order valence-electron chi connectivity index (χ3n) is 4.34. The molecule has 1 atom stereocenters. The maximum Gasteiger partial charge on any atom is 0.346 e. The number of nitrogens with zero attached hydrogens (tertiary/aromatic N) is 1. The molecule has 1 heterocycles. The number of halogens is 1. The number of methoxy groups -OCH3 is 1. The maximum absolute atomic E-state index is 12.1. The molecule has 0 spiro atoms. The average Bonchev–Trinajstić information content (AvgIpc) is 2.68. The zero-order chi connectivity index (χ0) is 22.1. The number of rotatable bonds is 7. The predicted octanol–water partition coefficient (Wildman–Crippen LogP) is 1.52. The van der Waals surface area contributed by atoms with Gasteiger partial charge in [-0.1, -0.05) is 12.1 Å². The first-order valence-corrected chi connectivity index (χ1v) is 10.1. The molecule has 1 unspecified atom stereocenters. The van der Waals surface area contributed by atoms with E-state index < -0.39 is 29.4 Å². The molecule has 0 saturated heterocycles. The highest BCUT2D eigenvalue weighted by atomic mass is 35.5. The van der Waals surface area contributed by atoms with Crippen molar-refractivity contribution in [2.75, 3.05) is 7.11 Å². The summed E-state index contributed by atoms with van der Waals surface area (Å²) in [6.45, 7) is -0.257. The van der Waals surface area contributed by atoms with Crippen molar-refractivity contribution >= 4 is 36.7 Å². The van der Waals surface area contributed by atoms with Crippen molar-refractivity contribution in [1.82, 2.24) is 15.3 Å². The Morgan fingerprint density at radius 3 is 2.48 bits per heavy atom. The minimum absolute atomic E-state index is 0. The SMILES string of the molecule is COc1cccc(C(NCc2cc([N+](=O)[O-])cc3[nH]c(=O)c(=O)[nH]c23)P(=O)(O)O)c1.Cl. The third-order valence-corrected chi connectivity index (χ3v) is 5.49. The molecule has 0 aliphatic rings. The van der Waals surface area contributed by atoms with Gasteiger partial charge in [0.1, 0.15) is 11.5 Å². The first kappa shape index (κ1) is 24.3. The second kappa shape index (κ2) is 9.41. The van der Waals surface area contributed by atoms with Crippen LogP contribution in [0.3, 0.4) is 0 Å². The molecule has 31 heavy (non-hydrogen) atoms. The Morgan fingerprint density at radius 2 is 1.87 bits per heavy atom. The van der Waals surface area contributed by atoms with E-state index in [2.05, 4.69) is 15.3 Å². The van der Waals surface area contributed by atoms with Crippen LogP contribution in [0.15, 0.2) is 46.0 Å². The smallest absolute Gasteiger partial charge is 0.346 e. The number of hydrogen-bond donors (Lipinski definition) is 5. The highest BCUT2D eigenvalue weighted by Crippen LogP contribution is 2.50. The first-order valence-electron chi connectivity index (χ1n) is 8.46. The van der Waals surface area contributed by atoms with Crippen molar-refractivity contribution in [2.24, 2.45) is 0 Å². The average molecular weight is 473 g/mol. The summed E-state index contributed by atoms with van der Waals surface area (Å²) in [7, 11) is -3.30. The molecule has 0 saturated carbocycles. The maximum atomic E-state index is 12.1. The molecule has 1 aromatic heterocycles. The van der Waals surface area contributed by atoms with Crippen LogP contribution in [0.4, 0.5) is 5.69 Å². The van der Waals surface area contributed by atoms with Gasteiger partial charge in [0.05, 0.1) is 23.1 Å². The highest BCUT2D eigenvalue weighted by molar-refractivity contribution is 7.52. The van der Waals surface area contributed by atoms with Crippen LogP contribution < -0.4 is 21.2 Å². The van der Waals surface area contributed by atoms with Crippen LogP contribution in [0.5, 0.6) is 5.75 Å². The highest BCUT2D eigenvalue weighted by Gasteiger charge is 2.30. The Hall–Kier alpha value is -3.02. The molecular weight excluding hydrogens is 455 g/mol. The number of fused-ring (bicyclic) bond motifs is 1. The van der Waals surface area contributed by atoms with Gasteiger partial charge in [0.15, 0.2) is 0 Å². The van der Waals surface area contributed by atoms with Crippen LogP contribution in [0.25, 0.3) is 11.0 Å². The standard InChI is InChI=1S/C17H17N4O8P.ClH/c1-29-12-4-2-3-9(6-12)17(30(26,27)28)18-8-10-5-11(21(24)25)7-13-14(10)20-16(23)15(22)19-13;/h2-7,17-18H,8H2,1H3,(H,19,22)(H,20,23)(H2,26,27,28);1H. The Balaban J connectivity index is 0.00000341. The molecule has 12 nitrogen and oxygen atoms in total. The topological polar surface area (TPSA) is 188 Å². The Morgan fingerprint density at radius 1 is 1.19 bits per heavy atom. The van der Waals surface area contributed by atoms with Crippen molar-refractivity contribution in [1.29, 1.82) is 0 Å². The van der Waals surface area contributed by atoms with Gasteiger partial charge >= 0.3 is 18.7 Å². The summed E-state index contributed by atoms with van der Waals surface area (Å²) in [6.07, 6.45) is 0. The quantitative estimate of drug-likeness (QED) is 0.147. The van der Waals surface area contributed by atoms with E-state index in [9.17, 15) is 34.1 Å². The lowest BCUT2D eigenvalue weighted by Crippen LogP contribution is -2.29. The van der Waals surface area contributed by atoms with Gasteiger partial charge in [-0.25, -0.2) is 0 Å². The van der Waals surface area contributed by atoms with Gasteiger partial charge in [-0.2, -0.15) is 0 Å². The van der Waals surface area contributed by atoms with Crippen LogP contribution in [0.2, 0.25) is 0 Å². The largest absolute Gasteiger partial charge is 0.497 e. The van der Waals surface area contributed by atoms with Crippen LogP contribution in [-0.2, 0) is 11.1 Å². The second-order valence-corrected chi connectivity index (χ2v) is 8.04. The number of nitro benzene ring substituents is 1. The van der Waals surface area contributed by atoms with Crippen LogP contribution in [0.1, 0.15) is 16.9 Å². The normalized spacial score (nSPS) is 12.2. The molecule has 0 amide bonds. The fraction of sp³-hybridized carbons (Fsp3) is 0.176. The number of aromatic amines is 2. The molecule has 0 aliphatic carbocycles. The number of non-ortho nitro benzene ring substituents is 1. The van der Waals surface area contributed by atoms with Gasteiger partial charge in [-0.3, -0.25) is 29.6 Å². The lowest BCUT2D eigenvalue weighted by Gasteiger charge is -2.21. The van der Waals surface area contributed by atoms with E-state index in [4.69, 9.17) is 4.74 Å². The van der Waals surface area contributed by atoms with E-state index in [1.54, 1.807) is 12.1 Å². The zero-order valence-corrected chi connectivity index (χ0v) is 17.6. The molecule has 2 aromatic carbocycles. The summed E-state index contributed by atoms with van der Waals surface area (Å²) >= 11 is 0. The lowest BCUT2D eigenvalue weighted by atomic mass is 10.1. The van der Waals surface area contributed by atoms with E-state index in [-0.39, 0.29) is 46.8 Å². The molecule has 166 valence electrons. The molecule has 0 bridgehead atoms. The fourth-order valence-electron chi connectivity index (χ4n) is 2.97. The Bertz CT molecular complexity index is 1290. The molecule has 3 aromatic rings. The number of aromatic nitrogens is 2. The van der Waals surface area contributed by atoms with E-state index >= 15 is 0 Å². The fourth-order valence-corrected chi connectivity index (χ4v) is 3.85. The van der Waals surface area contributed by atoms with E-state index in [0.717, 1.165) is 12.1 Å². The van der Waals surface area contributed by atoms with E-state index in [1.807, 2.05) is 0 Å². The Labute approximate surface area is 180 Å². The number of nitrogens with one attached hydrogen (secondary N) is 3. The monoisotopic (exact) mass is 472 g/mol. The van der Waals surface area contributed by atoms with Crippen molar-refractivity contribution in [2.45, 2.75) is 12.3 Å². The second-order valence-electron chi connectivity index (χ2n) is 6.34. The molecule has 0 aliphatic heterocycles. The minimum atomic E-state index is -4.70. The number of nitro groups is 1. The molecule has 3 rings (SSSR count). The van der Waals surface area contributed by atoms with Crippen molar-refractivity contribution in [3.05, 3.63) is 78.3 Å². The summed E-state index contributed by atoms with van der Waals surface area (Å²) in [5, 5.41) is 13.9. The molecule has 0 radical (unpaired) electrons. The van der Waals surface area contributed by atoms with Gasteiger partial charge in [0.2, 0.25) is 0 Å². The number of H-pyrrole nitrogens is 2. The molecular formula is C17H18ClN4O8P. The van der Waals surface area contributed by atoms with Gasteiger partial charge < -0.3 is 24.5 Å². The van der Waals surface area contributed by atoms with Crippen LogP contribution >= 0.6 is 20.0 Å². The van der Waals surface area contributed by atoms with E-state index in [0.29, 0.717) is 5.75 Å². The lowest BCUT2D eigenvalue weighted by molar-refractivity contribution is -0.384. The van der Waals surface area contributed by atoms with Gasteiger partial charge in [-0.15, -0.1) is 12.4 Å². The van der Waals surface area contributed by atoms with Crippen molar-refractivity contribution in [3.63, 3.8) is 0 Å². The minimum Gasteiger partial charge on any atom is -0.497 e. The van der Waals surface area contributed by atoms with E-state index in [1.165, 1.54) is 19.2 Å². The molecule has 0 fully saturated rings. The van der Waals surface area contributed by atoms with Crippen LogP contribution in [-0.4, -0.2) is 31.8 Å². The summed E-state index contributed by atoms with van der Waals surface area (Å²) in [5.74, 6) is -1.06. The summed E-state index contributed by atoms with van der Waals surface area (Å²) in [5.41, 5.74) is -1.79. The summed E-state index contributed by atoms with van der Waals surface area (Å²) < 4.78 is 17.1. The summed E-state index contributed by atoms with van der Waals surface area (Å²) in [6, 6.07) is 8.33.